The van der Waals surface area contributed by atoms with E-state index in [2.05, 4.69) is 17.2 Å². The number of aromatic nitrogens is 1. The molecule has 1 atom stereocenters. The average Bonchev–Trinajstić information content (AvgIpc) is 3.06. The second-order valence-electron chi connectivity index (χ2n) is 4.27. The molecule has 100 valence electrons. The zero-order valence-electron chi connectivity index (χ0n) is 10.6. The number of benzene rings is 1. The van der Waals surface area contributed by atoms with Gasteiger partial charge in [-0.1, -0.05) is 11.6 Å². The molecule has 4 nitrogen and oxygen atoms in total. The lowest BCUT2D eigenvalue weighted by Crippen LogP contribution is -2.10. The first kappa shape index (κ1) is 12.7. The molecule has 1 N–H and O–H groups in total. The van der Waals surface area contributed by atoms with Crippen molar-refractivity contribution in [3.63, 3.8) is 0 Å². The van der Waals surface area contributed by atoms with Gasteiger partial charge in [-0.15, -0.1) is 11.3 Å². The molecule has 1 aliphatic heterocycles. The summed E-state index contributed by atoms with van der Waals surface area (Å²) in [6, 6.07) is 4.07. The number of hydrogen-bond donors (Lipinski definition) is 1. The highest BCUT2D eigenvalue weighted by molar-refractivity contribution is 7.15. The molecule has 0 bridgehead atoms. The molecule has 0 amide bonds. The molecule has 1 aromatic carbocycles. The van der Waals surface area contributed by atoms with Crippen molar-refractivity contribution < 1.29 is 9.47 Å². The summed E-state index contributed by atoms with van der Waals surface area (Å²) in [7, 11) is 1.93. The van der Waals surface area contributed by atoms with E-state index in [1.807, 2.05) is 25.4 Å². The smallest absolute Gasteiger partial charge is 0.231 e. The Balaban J connectivity index is 1.98. The zero-order chi connectivity index (χ0) is 13.4. The SMILES string of the molecule is CNC(C)c1cnc(-c2cc(Cl)c3c(c2)OCO3)s1. The van der Waals surface area contributed by atoms with Crippen molar-refractivity contribution in [1.82, 2.24) is 10.3 Å². The minimum Gasteiger partial charge on any atom is -0.454 e. The Morgan fingerprint density at radius 3 is 3.05 bits per heavy atom. The fraction of sp³-hybridized carbons (Fsp3) is 0.308. The highest BCUT2D eigenvalue weighted by Gasteiger charge is 2.20. The van der Waals surface area contributed by atoms with E-state index in [0.717, 1.165) is 10.6 Å². The molecule has 2 heterocycles. The van der Waals surface area contributed by atoms with Crippen molar-refractivity contribution in [2.75, 3.05) is 13.8 Å². The molecule has 1 aliphatic rings. The standard InChI is InChI=1S/C13H13ClN2O2S/c1-7(15-2)11-5-16-13(19-11)8-3-9(14)12-10(4-8)17-6-18-12/h3-5,7,15H,6H2,1-2H3. The van der Waals surface area contributed by atoms with Crippen LogP contribution < -0.4 is 14.8 Å². The van der Waals surface area contributed by atoms with E-state index in [1.54, 1.807) is 11.3 Å². The van der Waals surface area contributed by atoms with Gasteiger partial charge in [0.25, 0.3) is 0 Å². The fourth-order valence-corrected chi connectivity index (χ4v) is 3.08. The summed E-state index contributed by atoms with van der Waals surface area (Å²) in [5, 5.41) is 4.69. The van der Waals surface area contributed by atoms with E-state index < -0.39 is 0 Å². The minimum atomic E-state index is 0.221. The molecule has 6 heteroatoms. The second kappa shape index (κ2) is 5.00. The Labute approximate surface area is 120 Å². The van der Waals surface area contributed by atoms with Gasteiger partial charge in [0.15, 0.2) is 11.5 Å². The Hall–Kier alpha value is -1.30. The van der Waals surface area contributed by atoms with Crippen LogP contribution in [0.4, 0.5) is 0 Å². The third kappa shape index (κ3) is 2.29. The zero-order valence-corrected chi connectivity index (χ0v) is 12.1. The summed E-state index contributed by atoms with van der Waals surface area (Å²) < 4.78 is 10.7. The lowest BCUT2D eigenvalue weighted by molar-refractivity contribution is 0.174. The van der Waals surface area contributed by atoms with Crippen LogP contribution in [0.1, 0.15) is 17.8 Å². The molecule has 0 saturated carbocycles. The predicted octanol–water partition coefficient (Wildman–Crippen LogP) is 3.47. The van der Waals surface area contributed by atoms with Crippen LogP contribution in [0.25, 0.3) is 10.6 Å². The largest absolute Gasteiger partial charge is 0.454 e. The third-order valence-electron chi connectivity index (χ3n) is 3.06. The highest BCUT2D eigenvalue weighted by Crippen LogP contribution is 2.43. The van der Waals surface area contributed by atoms with Crippen LogP contribution in [0.15, 0.2) is 18.3 Å². The summed E-state index contributed by atoms with van der Waals surface area (Å²) >= 11 is 7.83. The maximum Gasteiger partial charge on any atom is 0.231 e. The first-order valence-corrected chi connectivity index (χ1v) is 7.11. The second-order valence-corrected chi connectivity index (χ2v) is 5.74. The molecule has 19 heavy (non-hydrogen) atoms. The third-order valence-corrected chi connectivity index (χ3v) is 4.57. The monoisotopic (exact) mass is 296 g/mol. The molecule has 0 fully saturated rings. The summed E-state index contributed by atoms with van der Waals surface area (Å²) in [5.41, 5.74) is 0.953. The van der Waals surface area contributed by atoms with Crippen molar-refractivity contribution in [1.29, 1.82) is 0 Å². The molecule has 1 unspecified atom stereocenters. The highest BCUT2D eigenvalue weighted by atomic mass is 35.5. The van der Waals surface area contributed by atoms with Gasteiger partial charge < -0.3 is 14.8 Å². The summed E-state index contributed by atoms with van der Waals surface area (Å²) in [6.45, 7) is 2.32. The maximum atomic E-state index is 6.18. The first-order valence-electron chi connectivity index (χ1n) is 5.91. The molecular formula is C13H13ClN2O2S. The van der Waals surface area contributed by atoms with Gasteiger partial charge in [-0.2, -0.15) is 0 Å². The van der Waals surface area contributed by atoms with Gasteiger partial charge in [-0.25, -0.2) is 4.98 Å². The van der Waals surface area contributed by atoms with Gasteiger partial charge in [0.05, 0.1) is 5.02 Å². The average molecular weight is 297 g/mol. The number of nitrogens with zero attached hydrogens (tertiary/aromatic N) is 1. The number of thiazole rings is 1. The molecular weight excluding hydrogens is 284 g/mol. The maximum absolute atomic E-state index is 6.18. The van der Waals surface area contributed by atoms with Gasteiger partial charge >= 0.3 is 0 Å². The van der Waals surface area contributed by atoms with Gasteiger partial charge in [0.1, 0.15) is 5.01 Å². The summed E-state index contributed by atoms with van der Waals surface area (Å²) in [6.07, 6.45) is 1.89. The lowest BCUT2D eigenvalue weighted by atomic mass is 10.2. The Bertz CT molecular complexity index is 615. The number of ether oxygens (including phenoxy) is 2. The van der Waals surface area contributed by atoms with Crippen molar-refractivity contribution >= 4 is 22.9 Å². The van der Waals surface area contributed by atoms with Crippen molar-refractivity contribution in [3.8, 4) is 22.1 Å². The van der Waals surface area contributed by atoms with Crippen LogP contribution in [0.3, 0.4) is 0 Å². The van der Waals surface area contributed by atoms with Gasteiger partial charge in [-0.05, 0) is 26.1 Å². The summed E-state index contributed by atoms with van der Waals surface area (Å²) in [4.78, 5) is 5.63. The van der Waals surface area contributed by atoms with Crippen molar-refractivity contribution in [2.45, 2.75) is 13.0 Å². The predicted molar refractivity (Wildman–Crippen MR) is 76.2 cm³/mol. The molecule has 0 radical (unpaired) electrons. The van der Waals surface area contributed by atoms with Gasteiger partial charge in [-0.3, -0.25) is 0 Å². The molecule has 3 rings (SSSR count). The first-order chi connectivity index (χ1) is 9.19. The van der Waals surface area contributed by atoms with Crippen LogP contribution >= 0.6 is 22.9 Å². The Morgan fingerprint density at radius 2 is 2.26 bits per heavy atom. The van der Waals surface area contributed by atoms with E-state index in [0.29, 0.717) is 16.5 Å². The van der Waals surface area contributed by atoms with Crippen molar-refractivity contribution in [2.24, 2.45) is 0 Å². The summed E-state index contributed by atoms with van der Waals surface area (Å²) in [5.74, 6) is 1.30. The molecule has 0 spiro atoms. The number of hydrogen-bond acceptors (Lipinski definition) is 5. The number of halogens is 1. The van der Waals surface area contributed by atoms with E-state index in [4.69, 9.17) is 21.1 Å². The molecule has 1 aromatic heterocycles. The fourth-order valence-electron chi connectivity index (χ4n) is 1.85. The number of rotatable bonds is 3. The van der Waals surface area contributed by atoms with Crippen LogP contribution in [0.5, 0.6) is 11.5 Å². The number of nitrogens with one attached hydrogen (secondary N) is 1. The van der Waals surface area contributed by atoms with Crippen molar-refractivity contribution in [3.05, 3.63) is 28.2 Å². The topological polar surface area (TPSA) is 43.4 Å². The molecule has 0 saturated heterocycles. The van der Waals surface area contributed by atoms with Crippen LogP contribution in [0, 0.1) is 0 Å². The van der Waals surface area contributed by atoms with E-state index in [-0.39, 0.29) is 12.8 Å². The van der Waals surface area contributed by atoms with E-state index in [1.165, 1.54) is 4.88 Å². The Morgan fingerprint density at radius 1 is 1.42 bits per heavy atom. The van der Waals surface area contributed by atoms with Gasteiger partial charge in [0, 0.05) is 22.7 Å². The number of fused-ring (bicyclic) bond motifs is 1. The molecule has 2 aromatic rings. The van der Waals surface area contributed by atoms with Crippen LogP contribution in [-0.2, 0) is 0 Å². The quantitative estimate of drug-likeness (QED) is 0.942. The molecule has 0 aliphatic carbocycles. The Kier molecular flexibility index (Phi) is 3.35. The normalized spacial score (nSPS) is 14.7. The van der Waals surface area contributed by atoms with Crippen LogP contribution in [-0.4, -0.2) is 18.8 Å². The van der Waals surface area contributed by atoms with Gasteiger partial charge in [0.2, 0.25) is 6.79 Å². The van der Waals surface area contributed by atoms with E-state index in [9.17, 15) is 0 Å². The van der Waals surface area contributed by atoms with E-state index >= 15 is 0 Å². The minimum absolute atomic E-state index is 0.221. The van der Waals surface area contributed by atoms with Crippen LogP contribution in [0.2, 0.25) is 5.02 Å². The lowest BCUT2D eigenvalue weighted by Gasteiger charge is -2.05.